The second-order valence-electron chi connectivity index (χ2n) is 6.61. The molecule has 136 valence electrons. The Bertz CT molecular complexity index is 833. The van der Waals surface area contributed by atoms with Crippen LogP contribution in [0, 0.1) is 0 Å². The fourth-order valence-electron chi connectivity index (χ4n) is 3.51. The number of carbonyl (C=O) groups is 1. The van der Waals surface area contributed by atoms with Crippen LogP contribution in [0.5, 0.6) is 0 Å². The van der Waals surface area contributed by atoms with Crippen LogP contribution >= 0.6 is 23.1 Å². The molecule has 1 saturated carbocycles. The van der Waals surface area contributed by atoms with E-state index in [4.69, 9.17) is 0 Å². The molecule has 0 amide bonds. The standard InChI is InChI=1S/C19H22N4OS2/c24-17(16-9-4-10-20-16)13-26-19-22-21-18(12-15-8-5-11-25-15)23(19)14-6-2-1-3-7-14/h4-5,8-11,14,20H,1-3,6-7,12-13H2. The number of nitrogens with one attached hydrogen (secondary N) is 1. The van der Waals surface area contributed by atoms with E-state index in [2.05, 4.69) is 37.3 Å². The largest absolute Gasteiger partial charge is 0.359 e. The van der Waals surface area contributed by atoms with Gasteiger partial charge < -0.3 is 9.55 Å². The van der Waals surface area contributed by atoms with Crippen molar-refractivity contribution in [1.82, 2.24) is 19.7 Å². The molecule has 3 heterocycles. The molecule has 0 radical (unpaired) electrons. The van der Waals surface area contributed by atoms with E-state index in [1.165, 1.54) is 48.7 Å². The summed E-state index contributed by atoms with van der Waals surface area (Å²) in [6, 6.07) is 8.34. The van der Waals surface area contributed by atoms with Crippen molar-refractivity contribution in [2.75, 3.05) is 5.75 Å². The molecule has 26 heavy (non-hydrogen) atoms. The number of carbonyl (C=O) groups excluding carboxylic acids is 1. The summed E-state index contributed by atoms with van der Waals surface area (Å²) in [5.41, 5.74) is 0.653. The van der Waals surface area contributed by atoms with Crippen LogP contribution < -0.4 is 0 Å². The Labute approximate surface area is 161 Å². The van der Waals surface area contributed by atoms with Gasteiger partial charge >= 0.3 is 0 Å². The third-order valence-corrected chi connectivity index (χ3v) is 6.64. The van der Waals surface area contributed by atoms with Gasteiger partial charge in [-0.25, -0.2) is 0 Å². The summed E-state index contributed by atoms with van der Waals surface area (Å²) in [5.74, 6) is 1.50. The zero-order valence-corrected chi connectivity index (χ0v) is 16.2. The summed E-state index contributed by atoms with van der Waals surface area (Å²) in [4.78, 5) is 16.6. The number of thiophene rings is 1. The molecule has 0 bridgehead atoms. The van der Waals surface area contributed by atoms with E-state index in [-0.39, 0.29) is 5.78 Å². The predicted molar refractivity (Wildman–Crippen MR) is 105 cm³/mol. The molecule has 0 aromatic carbocycles. The lowest BCUT2D eigenvalue weighted by atomic mass is 9.95. The van der Waals surface area contributed by atoms with Crippen molar-refractivity contribution in [1.29, 1.82) is 0 Å². The number of rotatable bonds is 7. The van der Waals surface area contributed by atoms with Gasteiger partial charge in [-0.05, 0) is 36.4 Å². The van der Waals surface area contributed by atoms with Gasteiger partial charge in [0.2, 0.25) is 0 Å². The monoisotopic (exact) mass is 386 g/mol. The van der Waals surface area contributed by atoms with E-state index >= 15 is 0 Å². The van der Waals surface area contributed by atoms with E-state index in [9.17, 15) is 4.79 Å². The average Bonchev–Trinajstić information content (AvgIpc) is 3.43. The third-order valence-electron chi connectivity index (χ3n) is 4.82. The van der Waals surface area contributed by atoms with Gasteiger partial charge in [0, 0.05) is 23.5 Å². The second kappa shape index (κ2) is 8.22. The third kappa shape index (κ3) is 3.94. The van der Waals surface area contributed by atoms with Crippen molar-refractivity contribution in [3.8, 4) is 0 Å². The van der Waals surface area contributed by atoms with Gasteiger partial charge in [-0.3, -0.25) is 4.79 Å². The van der Waals surface area contributed by atoms with E-state index in [1.54, 1.807) is 17.5 Å². The molecule has 0 unspecified atom stereocenters. The second-order valence-corrected chi connectivity index (χ2v) is 8.59. The Balaban J connectivity index is 1.54. The molecule has 1 fully saturated rings. The van der Waals surface area contributed by atoms with Crippen molar-refractivity contribution in [3.05, 3.63) is 52.2 Å². The van der Waals surface area contributed by atoms with Crippen molar-refractivity contribution in [2.45, 2.75) is 49.7 Å². The van der Waals surface area contributed by atoms with Gasteiger partial charge in [-0.2, -0.15) is 0 Å². The maximum atomic E-state index is 12.3. The number of H-pyrrole nitrogens is 1. The summed E-state index contributed by atoms with van der Waals surface area (Å²) >= 11 is 3.26. The minimum atomic E-state index is 0.0954. The number of Topliss-reactive ketones (excluding diaryl/α,β-unsaturated/α-hetero) is 1. The SMILES string of the molecule is O=C(CSc1nnc(Cc2cccs2)n1C1CCCCC1)c1ccc[nH]1. The summed E-state index contributed by atoms with van der Waals surface area (Å²) in [7, 11) is 0. The van der Waals surface area contributed by atoms with Crippen molar-refractivity contribution >= 4 is 28.9 Å². The first-order valence-corrected chi connectivity index (χ1v) is 10.9. The molecule has 0 spiro atoms. The quantitative estimate of drug-likeness (QED) is 0.471. The minimum absolute atomic E-state index is 0.0954. The van der Waals surface area contributed by atoms with Gasteiger partial charge in [0.15, 0.2) is 10.9 Å². The van der Waals surface area contributed by atoms with Gasteiger partial charge in [-0.1, -0.05) is 37.1 Å². The molecule has 7 heteroatoms. The van der Waals surface area contributed by atoms with E-state index in [0.717, 1.165) is 17.4 Å². The molecular formula is C19H22N4OS2. The van der Waals surface area contributed by atoms with E-state index < -0.39 is 0 Å². The summed E-state index contributed by atoms with van der Waals surface area (Å²) in [5, 5.41) is 11.9. The smallest absolute Gasteiger partial charge is 0.191 e. The lowest BCUT2D eigenvalue weighted by Gasteiger charge is -2.25. The van der Waals surface area contributed by atoms with Gasteiger partial charge in [-0.15, -0.1) is 21.5 Å². The van der Waals surface area contributed by atoms with Crippen molar-refractivity contribution in [3.63, 3.8) is 0 Å². The van der Waals surface area contributed by atoms with Gasteiger partial charge in [0.1, 0.15) is 5.82 Å². The number of aromatic nitrogens is 4. The lowest BCUT2D eigenvalue weighted by Crippen LogP contribution is -2.17. The number of hydrogen-bond donors (Lipinski definition) is 1. The molecule has 1 aliphatic rings. The van der Waals surface area contributed by atoms with E-state index in [1.807, 2.05) is 12.1 Å². The Morgan fingerprint density at radius 2 is 2.12 bits per heavy atom. The van der Waals surface area contributed by atoms with Crippen LogP contribution in [0.15, 0.2) is 41.0 Å². The fourth-order valence-corrected chi connectivity index (χ4v) is 5.12. The predicted octanol–water partition coefficient (Wildman–Crippen LogP) is 4.74. The highest BCUT2D eigenvalue weighted by Gasteiger charge is 2.24. The van der Waals surface area contributed by atoms with Crippen molar-refractivity contribution in [2.24, 2.45) is 0 Å². The number of hydrogen-bond acceptors (Lipinski definition) is 5. The first-order chi connectivity index (χ1) is 12.8. The maximum absolute atomic E-state index is 12.3. The summed E-state index contributed by atoms with van der Waals surface area (Å²) in [6.07, 6.45) is 8.77. The zero-order chi connectivity index (χ0) is 17.8. The number of nitrogens with zero attached hydrogens (tertiary/aromatic N) is 3. The Morgan fingerprint density at radius 3 is 2.85 bits per heavy atom. The van der Waals surface area contributed by atoms with Crippen LogP contribution in [0.2, 0.25) is 0 Å². The first-order valence-electron chi connectivity index (χ1n) is 9.07. The van der Waals surface area contributed by atoms with Gasteiger partial charge in [0.25, 0.3) is 0 Å². The number of aromatic amines is 1. The van der Waals surface area contributed by atoms with Crippen LogP contribution in [0.3, 0.4) is 0 Å². The van der Waals surface area contributed by atoms with Crippen LogP contribution in [0.4, 0.5) is 0 Å². The van der Waals surface area contributed by atoms with Gasteiger partial charge in [0.05, 0.1) is 11.4 Å². The molecule has 1 aliphatic carbocycles. The molecular weight excluding hydrogens is 364 g/mol. The normalized spacial score (nSPS) is 15.4. The molecule has 0 atom stereocenters. The highest BCUT2D eigenvalue weighted by molar-refractivity contribution is 7.99. The highest BCUT2D eigenvalue weighted by atomic mass is 32.2. The Hall–Kier alpha value is -1.86. The molecule has 3 aromatic rings. The molecule has 0 saturated heterocycles. The number of ketones is 1. The molecule has 5 nitrogen and oxygen atoms in total. The first kappa shape index (κ1) is 17.5. The van der Waals surface area contributed by atoms with Crippen LogP contribution in [0.1, 0.15) is 59.3 Å². The molecule has 4 rings (SSSR count). The minimum Gasteiger partial charge on any atom is -0.359 e. The topological polar surface area (TPSA) is 63.6 Å². The molecule has 3 aromatic heterocycles. The van der Waals surface area contributed by atoms with Crippen molar-refractivity contribution < 1.29 is 4.79 Å². The Morgan fingerprint density at radius 1 is 1.23 bits per heavy atom. The van der Waals surface area contributed by atoms with Crippen LogP contribution in [-0.4, -0.2) is 31.3 Å². The lowest BCUT2D eigenvalue weighted by molar-refractivity contribution is 0.101. The Kier molecular flexibility index (Phi) is 5.55. The fraction of sp³-hybridized carbons (Fsp3) is 0.421. The summed E-state index contributed by atoms with van der Waals surface area (Å²) < 4.78 is 2.31. The molecule has 1 N–H and O–H groups in total. The molecule has 0 aliphatic heterocycles. The highest BCUT2D eigenvalue weighted by Crippen LogP contribution is 2.33. The average molecular weight is 387 g/mol. The van der Waals surface area contributed by atoms with E-state index in [0.29, 0.717) is 17.5 Å². The van der Waals surface area contributed by atoms with Crippen LogP contribution in [-0.2, 0) is 6.42 Å². The zero-order valence-electron chi connectivity index (χ0n) is 14.6. The summed E-state index contributed by atoms with van der Waals surface area (Å²) in [6.45, 7) is 0. The number of thioether (sulfide) groups is 1. The maximum Gasteiger partial charge on any atom is 0.191 e. The van der Waals surface area contributed by atoms with Crippen LogP contribution in [0.25, 0.3) is 0 Å².